The second kappa shape index (κ2) is 7.25. The van der Waals surface area contributed by atoms with Crippen LogP contribution >= 0.6 is 23.1 Å². The highest BCUT2D eigenvalue weighted by molar-refractivity contribution is 7.99. The molecular formula is C19H19N3O2S2. The maximum atomic E-state index is 12.5. The van der Waals surface area contributed by atoms with Crippen LogP contribution in [-0.4, -0.2) is 21.2 Å². The molecule has 0 fully saturated rings. The Morgan fingerprint density at radius 3 is 3.00 bits per heavy atom. The number of carbonyl (C=O) groups excluding carboxylic acids is 1. The molecule has 1 amide bonds. The fraction of sp³-hybridized carbons (Fsp3) is 0.316. The molecule has 0 spiro atoms. The summed E-state index contributed by atoms with van der Waals surface area (Å²) in [7, 11) is 0. The van der Waals surface area contributed by atoms with Crippen LogP contribution in [0.4, 0.5) is 5.69 Å². The molecule has 1 aliphatic rings. The van der Waals surface area contributed by atoms with Gasteiger partial charge in [-0.3, -0.25) is 14.2 Å². The zero-order valence-corrected chi connectivity index (χ0v) is 16.1. The Bertz CT molecular complexity index is 1040. The predicted octanol–water partition coefficient (Wildman–Crippen LogP) is 3.70. The molecule has 3 aromatic rings. The minimum absolute atomic E-state index is 0.0333. The number of benzene rings is 1. The van der Waals surface area contributed by atoms with Crippen LogP contribution in [0.25, 0.3) is 10.2 Å². The second-order valence-electron chi connectivity index (χ2n) is 6.25. The lowest BCUT2D eigenvalue weighted by molar-refractivity contribution is -0.113. The quantitative estimate of drug-likeness (QED) is 0.537. The number of aromatic nitrogens is 2. The minimum Gasteiger partial charge on any atom is -0.325 e. The summed E-state index contributed by atoms with van der Waals surface area (Å²) >= 11 is 2.70. The molecule has 5 nitrogen and oxygen atoms in total. The van der Waals surface area contributed by atoms with Crippen molar-refractivity contribution in [2.45, 2.75) is 37.9 Å². The number of amides is 1. The zero-order chi connectivity index (χ0) is 18.1. The highest BCUT2D eigenvalue weighted by Crippen LogP contribution is 2.25. The van der Waals surface area contributed by atoms with Gasteiger partial charge in [0.25, 0.3) is 5.56 Å². The molecule has 1 aromatic carbocycles. The van der Waals surface area contributed by atoms with Crippen LogP contribution in [0.2, 0.25) is 0 Å². The molecule has 4 rings (SSSR count). The van der Waals surface area contributed by atoms with E-state index in [9.17, 15) is 9.59 Å². The van der Waals surface area contributed by atoms with Gasteiger partial charge >= 0.3 is 0 Å². The molecule has 2 heterocycles. The largest absolute Gasteiger partial charge is 0.325 e. The van der Waals surface area contributed by atoms with Crippen LogP contribution < -0.4 is 10.9 Å². The Hall–Kier alpha value is -2.12. The van der Waals surface area contributed by atoms with Crippen LogP contribution in [0, 0.1) is 0 Å². The van der Waals surface area contributed by atoms with E-state index in [-0.39, 0.29) is 17.2 Å². The van der Waals surface area contributed by atoms with Gasteiger partial charge in [-0.1, -0.05) is 17.8 Å². The normalized spacial score (nSPS) is 13.1. The summed E-state index contributed by atoms with van der Waals surface area (Å²) in [6.45, 7) is 2.45. The number of thiophene rings is 1. The lowest BCUT2D eigenvalue weighted by Crippen LogP contribution is -2.22. The van der Waals surface area contributed by atoms with Crippen LogP contribution in [0.1, 0.15) is 24.5 Å². The van der Waals surface area contributed by atoms with Crippen LogP contribution in [0.5, 0.6) is 0 Å². The molecule has 2 aromatic heterocycles. The number of hydrogen-bond donors (Lipinski definition) is 1. The van der Waals surface area contributed by atoms with Gasteiger partial charge < -0.3 is 5.32 Å². The van der Waals surface area contributed by atoms with Gasteiger partial charge in [0.15, 0.2) is 5.16 Å². The number of carbonyl (C=O) groups is 1. The third-order valence-electron chi connectivity index (χ3n) is 4.56. The first-order valence-corrected chi connectivity index (χ1v) is 10.5. The maximum Gasteiger partial charge on any atom is 0.272 e. The molecule has 1 N–H and O–H groups in total. The fourth-order valence-electron chi connectivity index (χ4n) is 3.29. The summed E-state index contributed by atoms with van der Waals surface area (Å²) in [5, 5.41) is 5.41. The van der Waals surface area contributed by atoms with Crippen molar-refractivity contribution in [3.63, 3.8) is 0 Å². The number of thioether (sulfide) groups is 1. The van der Waals surface area contributed by atoms with Gasteiger partial charge in [-0.25, -0.2) is 4.98 Å². The average molecular weight is 386 g/mol. The number of fused-ring (bicyclic) bond motifs is 2. The summed E-state index contributed by atoms with van der Waals surface area (Å²) in [6.07, 6.45) is 3.40. The van der Waals surface area contributed by atoms with Gasteiger partial charge in [-0.05, 0) is 60.9 Å². The van der Waals surface area contributed by atoms with Crippen molar-refractivity contribution >= 4 is 44.9 Å². The number of anilines is 1. The summed E-state index contributed by atoms with van der Waals surface area (Å²) in [5.41, 5.74) is 4.23. The fourth-order valence-corrected chi connectivity index (χ4v) is 4.93. The first-order valence-electron chi connectivity index (χ1n) is 8.68. The molecule has 0 saturated carbocycles. The Morgan fingerprint density at radius 1 is 1.31 bits per heavy atom. The maximum absolute atomic E-state index is 12.5. The van der Waals surface area contributed by atoms with Gasteiger partial charge in [-0.15, -0.1) is 11.3 Å². The minimum atomic E-state index is -0.0877. The summed E-state index contributed by atoms with van der Waals surface area (Å²) in [6, 6.07) is 7.98. The van der Waals surface area contributed by atoms with Crippen molar-refractivity contribution in [1.82, 2.24) is 9.55 Å². The van der Waals surface area contributed by atoms with Crippen molar-refractivity contribution in [2.24, 2.45) is 0 Å². The molecule has 0 unspecified atom stereocenters. The molecule has 0 radical (unpaired) electrons. The topological polar surface area (TPSA) is 64.0 Å². The number of aryl methyl sites for hydroxylation is 2. The smallest absolute Gasteiger partial charge is 0.272 e. The van der Waals surface area contributed by atoms with Crippen LogP contribution in [0.3, 0.4) is 0 Å². The third kappa shape index (κ3) is 3.29. The van der Waals surface area contributed by atoms with Gasteiger partial charge in [0, 0.05) is 12.2 Å². The molecular weight excluding hydrogens is 366 g/mol. The van der Waals surface area contributed by atoms with E-state index in [1.165, 1.54) is 40.6 Å². The van der Waals surface area contributed by atoms with Gasteiger partial charge in [0.2, 0.25) is 5.91 Å². The van der Waals surface area contributed by atoms with E-state index in [0.29, 0.717) is 21.9 Å². The highest BCUT2D eigenvalue weighted by atomic mass is 32.2. The van der Waals surface area contributed by atoms with Gasteiger partial charge in [0.05, 0.1) is 11.3 Å². The van der Waals surface area contributed by atoms with E-state index in [1.54, 1.807) is 4.57 Å². The van der Waals surface area contributed by atoms with E-state index in [4.69, 9.17) is 0 Å². The van der Waals surface area contributed by atoms with E-state index >= 15 is 0 Å². The SMILES string of the molecule is CCn1c(SCC(=O)Nc2ccc3c(c2)CCC3)nc2ccsc2c1=O. The number of nitrogens with one attached hydrogen (secondary N) is 1. The van der Waals surface area contributed by atoms with E-state index in [2.05, 4.69) is 22.4 Å². The molecule has 26 heavy (non-hydrogen) atoms. The average Bonchev–Trinajstić information content (AvgIpc) is 3.28. The summed E-state index contributed by atoms with van der Waals surface area (Å²) in [5.74, 6) is 0.134. The second-order valence-corrected chi connectivity index (χ2v) is 8.11. The number of hydrogen-bond acceptors (Lipinski definition) is 5. The van der Waals surface area contributed by atoms with E-state index in [0.717, 1.165) is 18.5 Å². The first kappa shape index (κ1) is 17.3. The molecule has 0 saturated heterocycles. The zero-order valence-electron chi connectivity index (χ0n) is 14.4. The molecule has 134 valence electrons. The number of nitrogens with zero attached hydrogens (tertiary/aromatic N) is 2. The van der Waals surface area contributed by atoms with E-state index in [1.807, 2.05) is 24.4 Å². The monoisotopic (exact) mass is 385 g/mol. The van der Waals surface area contributed by atoms with E-state index < -0.39 is 0 Å². The van der Waals surface area contributed by atoms with Crippen molar-refractivity contribution in [2.75, 3.05) is 11.1 Å². The Labute approximate surface area is 159 Å². The summed E-state index contributed by atoms with van der Waals surface area (Å²) < 4.78 is 2.30. The van der Waals surface area contributed by atoms with Crippen molar-refractivity contribution in [3.05, 3.63) is 51.1 Å². The number of rotatable bonds is 5. The predicted molar refractivity (Wildman–Crippen MR) is 107 cm³/mol. The Balaban J connectivity index is 1.47. The van der Waals surface area contributed by atoms with Crippen molar-refractivity contribution in [1.29, 1.82) is 0 Å². The highest BCUT2D eigenvalue weighted by Gasteiger charge is 2.14. The van der Waals surface area contributed by atoms with Crippen LogP contribution in [0.15, 0.2) is 39.6 Å². The molecule has 7 heteroatoms. The molecule has 1 aliphatic carbocycles. The Kier molecular flexibility index (Phi) is 4.82. The van der Waals surface area contributed by atoms with Crippen LogP contribution in [-0.2, 0) is 24.2 Å². The molecule has 0 atom stereocenters. The lowest BCUT2D eigenvalue weighted by atomic mass is 10.1. The van der Waals surface area contributed by atoms with Crippen molar-refractivity contribution in [3.8, 4) is 0 Å². The van der Waals surface area contributed by atoms with Gasteiger partial charge in [-0.2, -0.15) is 0 Å². The third-order valence-corrected chi connectivity index (χ3v) is 6.43. The van der Waals surface area contributed by atoms with Crippen molar-refractivity contribution < 1.29 is 4.79 Å². The summed E-state index contributed by atoms with van der Waals surface area (Å²) in [4.78, 5) is 29.4. The Morgan fingerprint density at radius 2 is 2.15 bits per heavy atom. The molecule has 0 bridgehead atoms. The standard InChI is InChI=1S/C19H19N3O2S2/c1-2-22-18(24)17-15(8-9-25-17)21-19(22)26-11-16(23)20-14-7-6-12-4-3-5-13(12)10-14/h6-10H,2-5,11H2,1H3,(H,20,23). The van der Waals surface area contributed by atoms with Gasteiger partial charge in [0.1, 0.15) is 4.70 Å². The lowest BCUT2D eigenvalue weighted by Gasteiger charge is -2.10. The first-order chi connectivity index (χ1) is 12.7. The molecule has 0 aliphatic heterocycles.